The highest BCUT2D eigenvalue weighted by Crippen LogP contribution is 2.30. The van der Waals surface area contributed by atoms with Crippen LogP contribution in [0.25, 0.3) is 0 Å². The first-order valence-corrected chi connectivity index (χ1v) is 13.6. The molecule has 4 rings (SSSR count). The van der Waals surface area contributed by atoms with E-state index in [4.69, 9.17) is 4.74 Å². The average Bonchev–Trinajstić information content (AvgIpc) is 2.94. The highest BCUT2D eigenvalue weighted by Gasteiger charge is 2.16. The highest BCUT2D eigenvalue weighted by molar-refractivity contribution is 7.99. The molecule has 2 amide bonds. The number of esters is 1. The molecule has 194 valence electrons. The molecule has 38 heavy (non-hydrogen) atoms. The number of nitrogens with zero attached hydrogens (tertiary/aromatic N) is 1. The lowest BCUT2D eigenvalue weighted by molar-refractivity contribution is -0.142. The summed E-state index contributed by atoms with van der Waals surface area (Å²) in [5, 5.41) is 3.06. The van der Waals surface area contributed by atoms with Crippen LogP contribution in [0.5, 0.6) is 0 Å². The number of urea groups is 1. The molecule has 5 nitrogen and oxygen atoms in total. The van der Waals surface area contributed by atoms with Crippen molar-refractivity contribution in [2.45, 2.75) is 36.1 Å². The minimum Gasteiger partial charge on any atom is -0.466 e. The molecule has 0 fully saturated rings. The van der Waals surface area contributed by atoms with Crippen LogP contribution in [-0.4, -0.2) is 25.2 Å². The predicted molar refractivity (Wildman–Crippen MR) is 154 cm³/mol. The summed E-state index contributed by atoms with van der Waals surface area (Å²) in [6, 6.07) is 35.9. The molecule has 0 saturated carbocycles. The van der Waals surface area contributed by atoms with Gasteiger partial charge in [0.1, 0.15) is 0 Å². The molecular formula is C32H32N2O3S. The average molecular weight is 525 g/mol. The summed E-state index contributed by atoms with van der Waals surface area (Å²) in [6.07, 6.45) is 1.01. The van der Waals surface area contributed by atoms with Crippen LogP contribution in [-0.2, 0) is 28.9 Å². The first-order chi connectivity index (χ1) is 18.6. The minimum atomic E-state index is -0.222. The van der Waals surface area contributed by atoms with E-state index in [1.807, 2.05) is 104 Å². The normalized spacial score (nSPS) is 10.6. The lowest BCUT2D eigenvalue weighted by atomic mass is 10.1. The Kier molecular flexibility index (Phi) is 9.99. The Hall–Kier alpha value is -4.03. The summed E-state index contributed by atoms with van der Waals surface area (Å²) >= 11 is 1.62. The van der Waals surface area contributed by atoms with Crippen LogP contribution < -0.4 is 10.2 Å². The summed E-state index contributed by atoms with van der Waals surface area (Å²) in [7, 11) is 0. The molecule has 0 aliphatic rings. The zero-order chi connectivity index (χ0) is 26.6. The number of hydrogen-bond donors (Lipinski definition) is 1. The van der Waals surface area contributed by atoms with Gasteiger partial charge in [0.15, 0.2) is 0 Å². The number of benzene rings is 4. The fourth-order valence-electron chi connectivity index (χ4n) is 4.03. The van der Waals surface area contributed by atoms with E-state index < -0.39 is 0 Å². The van der Waals surface area contributed by atoms with Gasteiger partial charge in [-0.05, 0) is 66.4 Å². The Labute approximate surface area is 228 Å². The second-order valence-corrected chi connectivity index (χ2v) is 9.90. The van der Waals surface area contributed by atoms with Crippen LogP contribution in [0, 0.1) is 0 Å². The van der Waals surface area contributed by atoms with Crippen molar-refractivity contribution in [1.82, 2.24) is 5.32 Å². The second kappa shape index (κ2) is 14.1. The lowest BCUT2D eigenvalue weighted by Crippen LogP contribution is -2.41. The van der Waals surface area contributed by atoms with Crippen LogP contribution in [0.4, 0.5) is 10.5 Å². The maximum absolute atomic E-state index is 13.3. The Morgan fingerprint density at radius 1 is 0.763 bits per heavy atom. The third-order valence-electron chi connectivity index (χ3n) is 5.93. The first-order valence-electron chi connectivity index (χ1n) is 12.8. The van der Waals surface area contributed by atoms with Crippen LogP contribution in [0.3, 0.4) is 0 Å². The van der Waals surface area contributed by atoms with Gasteiger partial charge in [-0.15, -0.1) is 0 Å². The Balaban J connectivity index is 1.45. The van der Waals surface area contributed by atoms with Crippen molar-refractivity contribution in [2.75, 3.05) is 18.1 Å². The van der Waals surface area contributed by atoms with Crippen molar-refractivity contribution in [3.05, 3.63) is 126 Å². The van der Waals surface area contributed by atoms with Crippen molar-refractivity contribution < 1.29 is 14.3 Å². The Morgan fingerprint density at radius 2 is 1.42 bits per heavy atom. The molecule has 0 heterocycles. The second-order valence-electron chi connectivity index (χ2n) is 8.76. The molecule has 0 bridgehead atoms. The number of amides is 2. The monoisotopic (exact) mass is 524 g/mol. The van der Waals surface area contributed by atoms with Crippen molar-refractivity contribution in [3.8, 4) is 0 Å². The highest BCUT2D eigenvalue weighted by atomic mass is 32.2. The fourth-order valence-corrected chi connectivity index (χ4v) is 4.93. The lowest BCUT2D eigenvalue weighted by Gasteiger charge is -2.24. The summed E-state index contributed by atoms with van der Waals surface area (Å²) in [4.78, 5) is 29.0. The van der Waals surface area contributed by atoms with Crippen LogP contribution in [0.2, 0.25) is 0 Å². The van der Waals surface area contributed by atoms with Gasteiger partial charge >= 0.3 is 12.0 Å². The van der Waals surface area contributed by atoms with Gasteiger partial charge in [-0.1, -0.05) is 84.6 Å². The molecule has 0 aromatic heterocycles. The zero-order valence-corrected chi connectivity index (χ0v) is 22.3. The van der Waals surface area contributed by atoms with Crippen molar-refractivity contribution in [3.63, 3.8) is 0 Å². The van der Waals surface area contributed by atoms with Crippen LogP contribution in [0.15, 0.2) is 119 Å². The third-order valence-corrected chi connectivity index (χ3v) is 6.93. The van der Waals surface area contributed by atoms with E-state index in [0.717, 1.165) is 33.0 Å². The van der Waals surface area contributed by atoms with Gasteiger partial charge in [-0.25, -0.2) is 4.79 Å². The fraction of sp³-hybridized carbons (Fsp3) is 0.188. The number of hydrogen-bond acceptors (Lipinski definition) is 4. The number of anilines is 1. The molecule has 1 N–H and O–H groups in total. The van der Waals surface area contributed by atoms with Gasteiger partial charge in [-0.3, -0.25) is 9.69 Å². The number of carbonyl (C=O) groups is 2. The number of ether oxygens (including phenoxy) is 1. The van der Waals surface area contributed by atoms with E-state index in [2.05, 4.69) is 17.4 Å². The summed E-state index contributed by atoms with van der Waals surface area (Å²) in [6.45, 7) is 3.22. The molecule has 6 heteroatoms. The topological polar surface area (TPSA) is 58.6 Å². The maximum Gasteiger partial charge on any atom is 0.322 e. The molecule has 0 aliphatic heterocycles. The molecule has 0 spiro atoms. The zero-order valence-electron chi connectivity index (χ0n) is 21.5. The van der Waals surface area contributed by atoms with E-state index in [-0.39, 0.29) is 18.4 Å². The number of carbonyl (C=O) groups excluding carboxylic acids is 2. The van der Waals surface area contributed by atoms with Gasteiger partial charge in [0.25, 0.3) is 0 Å². The summed E-state index contributed by atoms with van der Waals surface area (Å²) < 4.78 is 5.07. The predicted octanol–water partition coefficient (Wildman–Crippen LogP) is 6.90. The van der Waals surface area contributed by atoms with Crippen molar-refractivity contribution in [2.24, 2.45) is 0 Å². The molecule has 0 aliphatic carbocycles. The Bertz CT molecular complexity index is 1310. The molecule has 0 radical (unpaired) electrons. The summed E-state index contributed by atoms with van der Waals surface area (Å²) in [5.41, 5.74) is 4.00. The van der Waals surface area contributed by atoms with E-state index in [9.17, 15) is 9.59 Å². The molecule has 0 unspecified atom stereocenters. The van der Waals surface area contributed by atoms with Gasteiger partial charge in [0.2, 0.25) is 0 Å². The maximum atomic E-state index is 13.3. The van der Waals surface area contributed by atoms with Crippen molar-refractivity contribution in [1.29, 1.82) is 0 Å². The van der Waals surface area contributed by atoms with Gasteiger partial charge in [0, 0.05) is 28.6 Å². The smallest absolute Gasteiger partial charge is 0.322 e. The Morgan fingerprint density at radius 3 is 2.11 bits per heavy atom. The first kappa shape index (κ1) is 27.0. The standard InChI is InChI=1S/C32H32N2O3S/c1-2-37-31(35)23-27-14-9-15-30(22-27)38-29-18-16-28(17-19-29)34(21-20-25-10-5-3-6-11-25)32(36)33-24-26-12-7-4-8-13-26/h3-19,22H,2,20-21,23-24H2,1H3,(H,33,36). The number of rotatable bonds is 11. The summed E-state index contributed by atoms with van der Waals surface area (Å²) in [5.74, 6) is -0.222. The molecule has 4 aromatic rings. The van der Waals surface area contributed by atoms with Gasteiger partial charge in [0.05, 0.1) is 13.0 Å². The van der Waals surface area contributed by atoms with E-state index in [1.165, 1.54) is 5.56 Å². The minimum absolute atomic E-state index is 0.128. The van der Waals surface area contributed by atoms with E-state index in [1.54, 1.807) is 16.7 Å². The third kappa shape index (κ3) is 8.25. The van der Waals surface area contributed by atoms with Gasteiger partial charge < -0.3 is 10.1 Å². The van der Waals surface area contributed by atoms with Gasteiger partial charge in [-0.2, -0.15) is 0 Å². The van der Waals surface area contributed by atoms with Crippen molar-refractivity contribution >= 4 is 29.4 Å². The van der Waals surface area contributed by atoms with E-state index >= 15 is 0 Å². The molecular weight excluding hydrogens is 492 g/mol. The van der Waals surface area contributed by atoms with E-state index in [0.29, 0.717) is 19.7 Å². The SMILES string of the molecule is CCOC(=O)Cc1cccc(Sc2ccc(N(CCc3ccccc3)C(=O)NCc3ccccc3)cc2)c1. The number of nitrogens with one attached hydrogen (secondary N) is 1. The molecule has 0 atom stereocenters. The molecule has 0 saturated heterocycles. The van der Waals surface area contributed by atoms with Crippen LogP contribution >= 0.6 is 11.8 Å². The van der Waals surface area contributed by atoms with Crippen LogP contribution in [0.1, 0.15) is 23.6 Å². The quantitative estimate of drug-likeness (QED) is 0.217. The molecule has 4 aromatic carbocycles. The largest absolute Gasteiger partial charge is 0.466 e.